The van der Waals surface area contributed by atoms with Crippen LogP contribution in [-0.4, -0.2) is 26.1 Å². The van der Waals surface area contributed by atoms with Crippen LogP contribution in [-0.2, 0) is 24.3 Å². The third-order valence-corrected chi connectivity index (χ3v) is 3.52. The summed E-state index contributed by atoms with van der Waals surface area (Å²) in [5.74, 6) is 0.144. The molecule has 1 atom stereocenters. The number of aromatic hydroxyl groups is 1. The van der Waals surface area contributed by atoms with Crippen LogP contribution in [0.1, 0.15) is 30.7 Å². The number of phenolic OH excluding ortho intramolecular Hbond substituents is 1. The first-order chi connectivity index (χ1) is 10.9. The monoisotopic (exact) mass is 320 g/mol. The van der Waals surface area contributed by atoms with Crippen molar-refractivity contribution in [2.45, 2.75) is 39.7 Å². The summed E-state index contributed by atoms with van der Waals surface area (Å²) in [5, 5.41) is 18.6. The first-order valence-corrected chi connectivity index (χ1v) is 7.34. The molecule has 0 fully saturated rings. The van der Waals surface area contributed by atoms with Gasteiger partial charge in [0.2, 0.25) is 0 Å². The summed E-state index contributed by atoms with van der Waals surface area (Å²) in [7, 11) is 0. The third kappa shape index (κ3) is 4.08. The number of phenols is 1. The van der Waals surface area contributed by atoms with Crippen LogP contribution in [0.2, 0.25) is 0 Å². The fraction of sp³-hybridized carbons (Fsp3) is 0.375. The van der Waals surface area contributed by atoms with Gasteiger partial charge in [-0.25, -0.2) is 4.79 Å². The molecule has 1 unspecified atom stereocenters. The van der Waals surface area contributed by atoms with Crippen molar-refractivity contribution in [1.82, 2.24) is 9.55 Å². The number of rotatable bonds is 6. The Morgan fingerprint density at radius 2 is 1.91 bits per heavy atom. The predicted octanol–water partition coefficient (Wildman–Crippen LogP) is 0.708. The first-order valence-electron chi connectivity index (χ1n) is 7.34. The van der Waals surface area contributed by atoms with Crippen LogP contribution in [0.15, 0.2) is 33.9 Å². The van der Waals surface area contributed by atoms with Gasteiger partial charge in [-0.05, 0) is 31.0 Å². The lowest BCUT2D eigenvalue weighted by atomic mass is 10.0. The van der Waals surface area contributed by atoms with Crippen LogP contribution in [0.4, 0.5) is 0 Å². The van der Waals surface area contributed by atoms with Crippen molar-refractivity contribution in [3.63, 3.8) is 0 Å². The molecule has 0 aliphatic carbocycles. The lowest BCUT2D eigenvalue weighted by molar-refractivity contribution is -0.114. The van der Waals surface area contributed by atoms with Gasteiger partial charge in [-0.15, -0.1) is 0 Å². The molecular weight excluding hydrogens is 300 g/mol. The summed E-state index contributed by atoms with van der Waals surface area (Å²) in [6.45, 7) is 3.11. The first kappa shape index (κ1) is 17.0. The number of aliphatic hydroxyl groups excluding tert-OH is 1. The number of aromatic amines is 1. The Labute approximate surface area is 132 Å². The molecule has 2 rings (SSSR count). The number of ether oxygens (including phenoxy) is 1. The van der Waals surface area contributed by atoms with Crippen LogP contribution < -0.4 is 11.2 Å². The molecule has 124 valence electrons. The molecule has 0 radical (unpaired) electrons. The Balaban J connectivity index is 2.50. The molecule has 7 nitrogen and oxygen atoms in total. The van der Waals surface area contributed by atoms with Crippen LogP contribution in [0, 0.1) is 0 Å². The number of H-pyrrole nitrogens is 1. The Morgan fingerprint density at radius 3 is 2.48 bits per heavy atom. The molecule has 2 aromatic rings. The van der Waals surface area contributed by atoms with E-state index in [1.165, 1.54) is 11.5 Å². The van der Waals surface area contributed by atoms with E-state index < -0.39 is 17.5 Å². The second-order valence-corrected chi connectivity index (χ2v) is 5.20. The molecule has 0 aliphatic heterocycles. The number of nitrogens with zero attached hydrogens (tertiary/aromatic N) is 1. The zero-order valence-corrected chi connectivity index (χ0v) is 13.1. The second kappa shape index (κ2) is 7.26. The summed E-state index contributed by atoms with van der Waals surface area (Å²) in [5.41, 5.74) is 0.869. The maximum Gasteiger partial charge on any atom is 0.330 e. The summed E-state index contributed by atoms with van der Waals surface area (Å²) in [6.07, 6.45) is -0.232. The SMILES string of the molecule is CCc1c(Cc2ccc(O)cc2)n(COC(C)O)c(=O)[nH]c1=O. The van der Waals surface area contributed by atoms with Gasteiger partial charge in [0.1, 0.15) is 12.5 Å². The predicted molar refractivity (Wildman–Crippen MR) is 84.4 cm³/mol. The van der Waals surface area contributed by atoms with Crippen LogP contribution in [0.3, 0.4) is 0 Å². The van der Waals surface area contributed by atoms with E-state index in [1.54, 1.807) is 24.3 Å². The molecule has 0 bridgehead atoms. The standard InChI is InChI=1S/C16H20N2O5/c1-3-13-14(8-11-4-6-12(20)7-5-11)18(9-23-10(2)19)16(22)17-15(13)21/h4-7,10,19-20H,3,8-9H2,1-2H3,(H,17,21,22). The minimum absolute atomic E-state index is 0.144. The highest BCUT2D eigenvalue weighted by Gasteiger charge is 2.15. The number of hydrogen-bond donors (Lipinski definition) is 3. The Morgan fingerprint density at radius 1 is 1.26 bits per heavy atom. The summed E-state index contributed by atoms with van der Waals surface area (Å²) in [4.78, 5) is 26.4. The van der Waals surface area contributed by atoms with Gasteiger partial charge in [0, 0.05) is 17.7 Å². The molecule has 0 spiro atoms. The summed E-state index contributed by atoms with van der Waals surface area (Å²) < 4.78 is 6.41. The van der Waals surface area contributed by atoms with Crippen molar-refractivity contribution in [3.05, 3.63) is 61.9 Å². The van der Waals surface area contributed by atoms with Crippen molar-refractivity contribution in [3.8, 4) is 5.75 Å². The van der Waals surface area contributed by atoms with Gasteiger partial charge in [-0.2, -0.15) is 0 Å². The molecule has 7 heteroatoms. The van der Waals surface area contributed by atoms with Crippen molar-refractivity contribution >= 4 is 0 Å². The summed E-state index contributed by atoms with van der Waals surface area (Å²) >= 11 is 0. The van der Waals surface area contributed by atoms with Crippen LogP contribution >= 0.6 is 0 Å². The van der Waals surface area contributed by atoms with E-state index in [0.717, 1.165) is 5.56 Å². The Hall–Kier alpha value is -2.38. The van der Waals surface area contributed by atoms with E-state index in [1.807, 2.05) is 6.92 Å². The third-order valence-electron chi connectivity index (χ3n) is 3.52. The van der Waals surface area contributed by atoms with Gasteiger partial charge >= 0.3 is 5.69 Å². The van der Waals surface area contributed by atoms with Crippen LogP contribution in [0.5, 0.6) is 5.75 Å². The highest BCUT2D eigenvalue weighted by molar-refractivity contribution is 5.31. The average molecular weight is 320 g/mol. The number of aliphatic hydroxyl groups is 1. The van der Waals surface area contributed by atoms with E-state index >= 15 is 0 Å². The maximum atomic E-state index is 12.1. The van der Waals surface area contributed by atoms with E-state index in [2.05, 4.69) is 4.98 Å². The van der Waals surface area contributed by atoms with Gasteiger partial charge in [-0.3, -0.25) is 14.3 Å². The molecule has 1 heterocycles. The zero-order chi connectivity index (χ0) is 17.0. The number of benzene rings is 1. The molecule has 0 saturated heterocycles. The van der Waals surface area contributed by atoms with Gasteiger partial charge in [0.25, 0.3) is 5.56 Å². The minimum atomic E-state index is -1.03. The van der Waals surface area contributed by atoms with E-state index in [4.69, 9.17) is 4.74 Å². The quantitative estimate of drug-likeness (QED) is 0.680. The Kier molecular flexibility index (Phi) is 5.36. The molecule has 1 aromatic heterocycles. The lowest BCUT2D eigenvalue weighted by Crippen LogP contribution is -2.36. The van der Waals surface area contributed by atoms with Gasteiger partial charge in [0.15, 0.2) is 6.29 Å². The average Bonchev–Trinajstić information content (AvgIpc) is 2.49. The van der Waals surface area contributed by atoms with E-state index in [-0.39, 0.29) is 12.5 Å². The fourth-order valence-corrected chi connectivity index (χ4v) is 2.35. The molecule has 0 aliphatic rings. The number of aromatic nitrogens is 2. The van der Waals surface area contributed by atoms with Gasteiger partial charge in [-0.1, -0.05) is 19.1 Å². The van der Waals surface area contributed by atoms with Crippen molar-refractivity contribution in [2.24, 2.45) is 0 Å². The summed E-state index contributed by atoms with van der Waals surface area (Å²) in [6, 6.07) is 6.53. The van der Waals surface area contributed by atoms with Crippen molar-refractivity contribution in [1.29, 1.82) is 0 Å². The molecule has 23 heavy (non-hydrogen) atoms. The van der Waals surface area contributed by atoms with Crippen LogP contribution in [0.25, 0.3) is 0 Å². The normalized spacial score (nSPS) is 12.3. The second-order valence-electron chi connectivity index (χ2n) is 5.20. The Bertz CT molecular complexity index is 775. The fourth-order valence-electron chi connectivity index (χ4n) is 2.35. The maximum absolute atomic E-state index is 12.1. The van der Waals surface area contributed by atoms with E-state index in [9.17, 15) is 19.8 Å². The van der Waals surface area contributed by atoms with Crippen molar-refractivity contribution in [2.75, 3.05) is 0 Å². The largest absolute Gasteiger partial charge is 0.508 e. The lowest BCUT2D eigenvalue weighted by Gasteiger charge is -2.17. The highest BCUT2D eigenvalue weighted by Crippen LogP contribution is 2.15. The minimum Gasteiger partial charge on any atom is -0.508 e. The smallest absolute Gasteiger partial charge is 0.330 e. The van der Waals surface area contributed by atoms with E-state index in [0.29, 0.717) is 24.1 Å². The molecule has 0 saturated carbocycles. The van der Waals surface area contributed by atoms with Crippen molar-refractivity contribution < 1.29 is 14.9 Å². The molecule has 0 amide bonds. The molecule has 3 N–H and O–H groups in total. The number of nitrogens with one attached hydrogen (secondary N) is 1. The zero-order valence-electron chi connectivity index (χ0n) is 13.1. The molecular formula is C16H20N2O5. The number of hydrogen-bond acceptors (Lipinski definition) is 5. The van der Waals surface area contributed by atoms with Gasteiger partial charge < -0.3 is 14.9 Å². The molecule has 1 aromatic carbocycles. The topological polar surface area (TPSA) is 105 Å². The van der Waals surface area contributed by atoms with Gasteiger partial charge in [0.05, 0.1) is 0 Å². The highest BCUT2D eigenvalue weighted by atomic mass is 16.6.